The number of aryl methyl sites for hydroxylation is 1. The van der Waals surface area contributed by atoms with Crippen LogP contribution in [-0.2, 0) is 11.3 Å². The van der Waals surface area contributed by atoms with Gasteiger partial charge >= 0.3 is 0 Å². The third kappa shape index (κ3) is 4.71. The van der Waals surface area contributed by atoms with E-state index in [1.54, 1.807) is 0 Å². The first-order valence-corrected chi connectivity index (χ1v) is 13.3. The van der Waals surface area contributed by atoms with Gasteiger partial charge in [0.05, 0.1) is 11.3 Å². The summed E-state index contributed by atoms with van der Waals surface area (Å²) in [6.45, 7) is 2.20. The fourth-order valence-corrected chi connectivity index (χ4v) is 5.04. The maximum atomic E-state index is 6.84. The number of hydrogen-bond donors (Lipinski definition) is 0. The van der Waals surface area contributed by atoms with Gasteiger partial charge < -0.3 is 9.15 Å². The highest BCUT2D eigenvalue weighted by Gasteiger charge is 2.40. The summed E-state index contributed by atoms with van der Waals surface area (Å²) in [4.78, 5) is 6.81. The monoisotopic (exact) mass is 501 g/mol. The Labute approximate surface area is 224 Å². The Morgan fingerprint density at radius 2 is 1.26 bits per heavy atom. The Kier molecular flexibility index (Phi) is 6.97. The van der Waals surface area contributed by atoms with Gasteiger partial charge in [-0.1, -0.05) is 123 Å². The SMILES string of the molecule is CCCCc1oc(-c2ccccc2)c2c1[C@@H](c1ccccc1)N(c1ccccc1)O[C@@H](c1ccccc1)O2. The number of furan rings is 1. The van der Waals surface area contributed by atoms with Gasteiger partial charge in [-0.2, -0.15) is 0 Å². The predicted octanol–water partition coefficient (Wildman–Crippen LogP) is 8.91. The van der Waals surface area contributed by atoms with E-state index in [2.05, 4.69) is 55.5 Å². The third-order valence-electron chi connectivity index (χ3n) is 6.91. The van der Waals surface area contributed by atoms with Gasteiger partial charge in [0.25, 0.3) is 0 Å². The molecule has 38 heavy (non-hydrogen) atoms. The molecule has 0 N–H and O–H groups in total. The summed E-state index contributed by atoms with van der Waals surface area (Å²) in [6.07, 6.45) is 2.24. The van der Waals surface area contributed by atoms with Crippen LogP contribution in [0.15, 0.2) is 126 Å². The number of fused-ring (bicyclic) bond motifs is 1. The smallest absolute Gasteiger partial charge is 0.250 e. The normalized spacial score (nSPS) is 16.9. The Bertz CT molecular complexity index is 1450. The van der Waals surface area contributed by atoms with Gasteiger partial charge in [0.15, 0.2) is 11.5 Å². The second-order valence-corrected chi connectivity index (χ2v) is 9.51. The molecule has 6 rings (SSSR count). The predicted molar refractivity (Wildman–Crippen MR) is 151 cm³/mol. The van der Waals surface area contributed by atoms with E-state index in [9.17, 15) is 0 Å². The van der Waals surface area contributed by atoms with Gasteiger partial charge in [-0.25, -0.2) is 9.90 Å². The van der Waals surface area contributed by atoms with Crippen molar-refractivity contribution in [2.24, 2.45) is 0 Å². The van der Waals surface area contributed by atoms with Crippen LogP contribution < -0.4 is 9.80 Å². The lowest BCUT2D eigenvalue weighted by Gasteiger charge is -2.32. The summed E-state index contributed by atoms with van der Waals surface area (Å²) in [5.74, 6) is 2.42. The molecule has 1 aliphatic rings. The van der Waals surface area contributed by atoms with E-state index in [-0.39, 0.29) is 6.04 Å². The average molecular weight is 502 g/mol. The first-order valence-electron chi connectivity index (χ1n) is 13.3. The number of ether oxygens (including phenoxy) is 1. The highest BCUT2D eigenvalue weighted by atomic mass is 16.8. The molecule has 190 valence electrons. The molecule has 4 aromatic carbocycles. The van der Waals surface area contributed by atoms with Crippen molar-refractivity contribution in [3.8, 4) is 17.1 Å². The van der Waals surface area contributed by atoms with Crippen LogP contribution in [0.4, 0.5) is 5.69 Å². The zero-order valence-corrected chi connectivity index (χ0v) is 21.5. The molecule has 4 heteroatoms. The molecule has 0 aliphatic carbocycles. The van der Waals surface area contributed by atoms with Crippen molar-refractivity contribution >= 4 is 5.69 Å². The molecule has 0 amide bonds. The number of unbranched alkanes of at least 4 members (excludes halogenated alkanes) is 1. The molecule has 0 radical (unpaired) electrons. The van der Waals surface area contributed by atoms with Gasteiger partial charge in [0.1, 0.15) is 11.8 Å². The maximum Gasteiger partial charge on any atom is 0.250 e. The highest BCUT2D eigenvalue weighted by molar-refractivity contribution is 5.70. The van der Waals surface area contributed by atoms with Gasteiger partial charge in [0, 0.05) is 17.5 Å². The van der Waals surface area contributed by atoms with Crippen LogP contribution in [-0.4, -0.2) is 0 Å². The highest BCUT2D eigenvalue weighted by Crippen LogP contribution is 2.51. The van der Waals surface area contributed by atoms with E-state index in [4.69, 9.17) is 14.0 Å². The van der Waals surface area contributed by atoms with E-state index in [0.29, 0.717) is 0 Å². The molecule has 5 aromatic rings. The van der Waals surface area contributed by atoms with E-state index >= 15 is 0 Å². The van der Waals surface area contributed by atoms with Crippen LogP contribution >= 0.6 is 0 Å². The lowest BCUT2D eigenvalue weighted by molar-refractivity contribution is -0.0935. The van der Waals surface area contributed by atoms with Gasteiger partial charge in [-0.15, -0.1) is 0 Å². The number of nitrogens with zero attached hydrogens (tertiary/aromatic N) is 1. The minimum absolute atomic E-state index is 0.268. The van der Waals surface area contributed by atoms with Crippen molar-refractivity contribution in [1.82, 2.24) is 0 Å². The van der Waals surface area contributed by atoms with Crippen LogP contribution in [0, 0.1) is 0 Å². The number of anilines is 1. The second kappa shape index (κ2) is 11.0. The van der Waals surface area contributed by atoms with E-state index in [1.807, 2.05) is 77.9 Å². The average Bonchev–Trinajstić information content (AvgIpc) is 3.23. The molecular weight excluding hydrogens is 470 g/mol. The minimum atomic E-state index is -0.664. The number of rotatable bonds is 7. The third-order valence-corrected chi connectivity index (χ3v) is 6.91. The number of hydroxylamine groups is 1. The molecule has 0 unspecified atom stereocenters. The van der Waals surface area contributed by atoms with Crippen molar-refractivity contribution in [2.45, 2.75) is 38.5 Å². The Hall–Kier alpha value is -4.28. The zero-order chi connectivity index (χ0) is 25.7. The molecular formula is C34H31NO3. The van der Waals surface area contributed by atoms with Crippen LogP contribution in [0.5, 0.6) is 5.75 Å². The number of hydrogen-bond acceptors (Lipinski definition) is 4. The topological polar surface area (TPSA) is 34.8 Å². The molecule has 4 nitrogen and oxygen atoms in total. The zero-order valence-electron chi connectivity index (χ0n) is 21.5. The quantitative estimate of drug-likeness (QED) is 0.223. The largest absolute Gasteiger partial charge is 0.457 e. The summed E-state index contributed by atoms with van der Waals surface area (Å²) >= 11 is 0. The summed E-state index contributed by atoms with van der Waals surface area (Å²) < 4.78 is 13.6. The maximum absolute atomic E-state index is 6.84. The van der Waals surface area contributed by atoms with Gasteiger partial charge in [0.2, 0.25) is 6.29 Å². The van der Waals surface area contributed by atoms with Crippen LogP contribution in [0.25, 0.3) is 11.3 Å². The number of para-hydroxylation sites is 1. The van der Waals surface area contributed by atoms with Crippen molar-refractivity contribution in [3.05, 3.63) is 144 Å². The Balaban J connectivity index is 1.63. The summed E-state index contributed by atoms with van der Waals surface area (Å²) in [7, 11) is 0. The molecule has 2 heterocycles. The molecule has 0 bridgehead atoms. The molecule has 2 atom stereocenters. The minimum Gasteiger partial charge on any atom is -0.457 e. The van der Waals surface area contributed by atoms with E-state index in [1.165, 1.54) is 0 Å². The Morgan fingerprint density at radius 1 is 0.684 bits per heavy atom. The number of benzene rings is 4. The van der Waals surface area contributed by atoms with Gasteiger partial charge in [-0.05, 0) is 24.1 Å². The van der Waals surface area contributed by atoms with Crippen molar-refractivity contribution in [2.75, 3.05) is 5.06 Å². The van der Waals surface area contributed by atoms with Crippen LogP contribution in [0.1, 0.15) is 54.5 Å². The molecule has 0 saturated carbocycles. The van der Waals surface area contributed by atoms with Gasteiger partial charge in [-0.3, -0.25) is 0 Å². The van der Waals surface area contributed by atoms with Crippen molar-refractivity contribution < 1.29 is 14.0 Å². The summed E-state index contributed by atoms with van der Waals surface area (Å²) in [5, 5.41) is 2.00. The first kappa shape index (κ1) is 24.1. The van der Waals surface area contributed by atoms with E-state index in [0.717, 1.165) is 64.5 Å². The first-order chi connectivity index (χ1) is 18.8. The standard InChI is InChI=1S/C34H31NO3/c1-2-3-24-29-30-31(25-16-8-4-9-17-25)35(28-22-14-7-15-23-28)38-34(27-20-12-6-13-21-27)37-33(30)32(36-29)26-18-10-5-11-19-26/h4-23,31,34H,2-3,24H2,1H3/t31-,34+/m1/s1. The molecule has 0 fully saturated rings. The molecule has 0 saturated heterocycles. The summed E-state index contributed by atoms with van der Waals surface area (Å²) in [6, 6.07) is 40.8. The fraction of sp³-hybridized carbons (Fsp3) is 0.176. The Morgan fingerprint density at radius 3 is 1.89 bits per heavy atom. The van der Waals surface area contributed by atoms with E-state index < -0.39 is 6.29 Å². The van der Waals surface area contributed by atoms with Crippen molar-refractivity contribution in [1.29, 1.82) is 0 Å². The second-order valence-electron chi connectivity index (χ2n) is 9.51. The summed E-state index contributed by atoms with van der Waals surface area (Å²) in [5.41, 5.74) is 4.99. The lowest BCUT2D eigenvalue weighted by atomic mass is 9.95. The molecule has 0 spiro atoms. The lowest BCUT2D eigenvalue weighted by Crippen LogP contribution is -2.31. The molecule has 1 aliphatic heterocycles. The van der Waals surface area contributed by atoms with Crippen LogP contribution in [0.3, 0.4) is 0 Å². The molecule has 1 aromatic heterocycles. The van der Waals surface area contributed by atoms with Crippen molar-refractivity contribution in [3.63, 3.8) is 0 Å². The fourth-order valence-electron chi connectivity index (χ4n) is 5.04. The van der Waals surface area contributed by atoms with Crippen LogP contribution in [0.2, 0.25) is 0 Å².